The first-order valence-electron chi connectivity index (χ1n) is 13.7. The van der Waals surface area contributed by atoms with Crippen LogP contribution in [0.25, 0.3) is 10.4 Å². The molecule has 1 saturated heterocycles. The molecule has 3 atom stereocenters. The second-order valence-corrected chi connectivity index (χ2v) is 12.3. The molecule has 1 aliphatic rings. The predicted octanol–water partition coefficient (Wildman–Crippen LogP) is 7.55. The smallest absolute Gasteiger partial charge is 0.412 e. The van der Waals surface area contributed by atoms with E-state index in [0.717, 1.165) is 6.20 Å². The second-order valence-electron chi connectivity index (χ2n) is 11.8. The molecule has 2 amide bonds. The number of azide groups is 1. The summed E-state index contributed by atoms with van der Waals surface area (Å²) in [5.41, 5.74) is 9.44. The van der Waals surface area contributed by atoms with E-state index in [1.54, 1.807) is 70.7 Å². The molecule has 0 bridgehead atoms. The average molecular weight is 601 g/mol. The van der Waals surface area contributed by atoms with Crippen molar-refractivity contribution in [1.29, 1.82) is 0 Å². The maximum Gasteiger partial charge on any atom is 0.412 e. The Balaban J connectivity index is 1.78. The average Bonchev–Trinajstić information content (AvgIpc) is 3.19. The van der Waals surface area contributed by atoms with E-state index in [-0.39, 0.29) is 23.7 Å². The number of nitrogens with one attached hydrogen (secondary N) is 1. The number of anilines is 1. The summed E-state index contributed by atoms with van der Waals surface area (Å²) in [5, 5.41) is 7.00. The first-order chi connectivity index (χ1) is 19.6. The number of halogens is 2. The van der Waals surface area contributed by atoms with E-state index in [1.807, 2.05) is 0 Å². The Morgan fingerprint density at radius 2 is 2.00 bits per heavy atom. The van der Waals surface area contributed by atoms with E-state index in [2.05, 4.69) is 26.9 Å². The number of nitrogens with zero attached hydrogens (tertiary/aromatic N) is 5. The van der Waals surface area contributed by atoms with Crippen molar-refractivity contribution in [2.75, 3.05) is 11.9 Å². The summed E-state index contributed by atoms with van der Waals surface area (Å²) in [5.74, 6) is -1.87. The molecule has 0 radical (unpaired) electrons. The van der Waals surface area contributed by atoms with Crippen LogP contribution in [0.3, 0.4) is 0 Å². The van der Waals surface area contributed by atoms with Crippen LogP contribution in [-0.2, 0) is 20.7 Å². The fraction of sp³-hybridized carbons (Fsp3) is 0.500. The summed E-state index contributed by atoms with van der Waals surface area (Å²) in [6, 6.07) is 5.34. The fourth-order valence-electron chi connectivity index (χ4n) is 5.05. The molecule has 0 spiro atoms. The summed E-state index contributed by atoms with van der Waals surface area (Å²) in [6.07, 6.45) is 3.19. The number of carbonyl (C=O) groups is 2. The zero-order chi connectivity index (χ0) is 31.2. The normalized spacial score (nSPS) is 17.6. The number of ether oxygens (including phenoxy) is 2. The topological polar surface area (TPSA) is 130 Å². The summed E-state index contributed by atoms with van der Waals surface area (Å²) >= 11 is 6.03. The summed E-state index contributed by atoms with van der Waals surface area (Å²) in [6.45, 7) is 15.0. The van der Waals surface area contributed by atoms with Gasteiger partial charge in [-0.05, 0) is 84.0 Å². The number of amides is 2. The van der Waals surface area contributed by atoms with E-state index in [0.29, 0.717) is 35.6 Å². The SMILES string of the molecule is C=C(C)[C@H](c1ccc(Cl)cc1)[C@H](N=[N+]=[N-])C(=O)Nc1cncc(F)c1CCC[C@H]1COC(C)(C)N1C(=O)OC(C)(C)C. The standard InChI is InChI=1S/C30H38ClFN6O4/c1-18(2)25(19-11-13-20(31)14-12-19)26(36-37-33)27(39)35-24-16-34-15-23(32)22(24)10-8-9-21-17-41-30(6,7)38(21)28(40)42-29(3,4)5/h11-16,21,25-26H,1,8-10,17H2,2-7H3,(H,35,39)/t21-,25+,26-/m0/s1. The van der Waals surface area contributed by atoms with Gasteiger partial charge in [-0.3, -0.25) is 14.7 Å². The van der Waals surface area contributed by atoms with Crippen molar-refractivity contribution in [3.63, 3.8) is 0 Å². The van der Waals surface area contributed by atoms with Gasteiger partial charge in [0.25, 0.3) is 0 Å². The van der Waals surface area contributed by atoms with Crippen molar-refractivity contribution in [2.45, 2.75) is 90.1 Å². The minimum atomic E-state index is -1.20. The van der Waals surface area contributed by atoms with Crippen LogP contribution >= 0.6 is 11.6 Å². The summed E-state index contributed by atoms with van der Waals surface area (Å²) in [4.78, 5) is 34.8. The summed E-state index contributed by atoms with van der Waals surface area (Å²) < 4.78 is 26.5. The Kier molecular flexibility index (Phi) is 10.6. The van der Waals surface area contributed by atoms with E-state index < -0.39 is 41.1 Å². The lowest BCUT2D eigenvalue weighted by Crippen LogP contribution is -2.49. The molecule has 2 heterocycles. The van der Waals surface area contributed by atoms with Crippen LogP contribution in [0.4, 0.5) is 14.9 Å². The summed E-state index contributed by atoms with van der Waals surface area (Å²) in [7, 11) is 0. The molecule has 0 aliphatic carbocycles. The van der Waals surface area contributed by atoms with Gasteiger partial charge in [0.05, 0.1) is 30.7 Å². The number of rotatable bonds is 10. The maximum absolute atomic E-state index is 15.0. The fourth-order valence-corrected chi connectivity index (χ4v) is 5.18. The number of hydrogen-bond donors (Lipinski definition) is 1. The van der Waals surface area contributed by atoms with Gasteiger partial charge in [-0.1, -0.05) is 41.0 Å². The molecular weight excluding hydrogens is 563 g/mol. The van der Waals surface area contributed by atoms with Crippen molar-refractivity contribution in [3.05, 3.63) is 81.2 Å². The zero-order valence-electron chi connectivity index (χ0n) is 24.9. The zero-order valence-corrected chi connectivity index (χ0v) is 25.6. The van der Waals surface area contributed by atoms with Crippen LogP contribution in [0.15, 0.2) is 53.9 Å². The van der Waals surface area contributed by atoms with Crippen LogP contribution in [0.5, 0.6) is 0 Å². The van der Waals surface area contributed by atoms with Crippen LogP contribution in [0.1, 0.15) is 71.4 Å². The largest absolute Gasteiger partial charge is 0.444 e. The quantitative estimate of drug-likeness (QED) is 0.130. The van der Waals surface area contributed by atoms with Gasteiger partial charge in [0.1, 0.15) is 23.2 Å². The highest BCUT2D eigenvalue weighted by Gasteiger charge is 2.45. The van der Waals surface area contributed by atoms with Crippen LogP contribution in [-0.4, -0.2) is 51.9 Å². The monoisotopic (exact) mass is 600 g/mol. The lowest BCUT2D eigenvalue weighted by atomic mass is 9.86. The number of aromatic nitrogens is 1. The molecule has 0 unspecified atom stereocenters. The van der Waals surface area contributed by atoms with Gasteiger partial charge >= 0.3 is 6.09 Å². The second kappa shape index (κ2) is 13.5. The van der Waals surface area contributed by atoms with Crippen molar-refractivity contribution in [3.8, 4) is 0 Å². The van der Waals surface area contributed by atoms with Crippen molar-refractivity contribution >= 4 is 29.3 Å². The predicted molar refractivity (Wildman–Crippen MR) is 160 cm³/mol. The minimum absolute atomic E-state index is 0.168. The molecule has 0 saturated carbocycles. The van der Waals surface area contributed by atoms with Crippen LogP contribution < -0.4 is 5.32 Å². The molecule has 1 aliphatic heterocycles. The van der Waals surface area contributed by atoms with E-state index >= 15 is 4.39 Å². The van der Waals surface area contributed by atoms with Gasteiger partial charge < -0.3 is 14.8 Å². The van der Waals surface area contributed by atoms with Crippen LogP contribution in [0.2, 0.25) is 5.02 Å². The van der Waals surface area contributed by atoms with Crippen molar-refractivity contribution in [1.82, 2.24) is 9.88 Å². The van der Waals surface area contributed by atoms with Gasteiger partial charge in [0.15, 0.2) is 0 Å². The number of pyridine rings is 1. The highest BCUT2D eigenvalue weighted by molar-refractivity contribution is 6.30. The molecule has 12 heteroatoms. The van der Waals surface area contributed by atoms with E-state index in [1.165, 1.54) is 6.20 Å². The molecule has 1 fully saturated rings. The Hall–Kier alpha value is -3.66. The molecule has 10 nitrogen and oxygen atoms in total. The molecule has 226 valence electrons. The maximum atomic E-state index is 15.0. The number of carbonyl (C=O) groups excluding carboxylic acids is 2. The minimum Gasteiger partial charge on any atom is -0.444 e. The van der Waals surface area contributed by atoms with E-state index in [9.17, 15) is 15.1 Å². The Morgan fingerprint density at radius 3 is 2.60 bits per heavy atom. The molecule has 2 aromatic rings. The molecule has 1 aromatic heterocycles. The first-order valence-corrected chi connectivity index (χ1v) is 14.1. The number of hydrogen-bond acceptors (Lipinski definition) is 6. The van der Waals surface area contributed by atoms with Gasteiger partial charge in [-0.25, -0.2) is 9.18 Å². The Morgan fingerprint density at radius 1 is 1.33 bits per heavy atom. The Bertz CT molecular complexity index is 1350. The van der Waals surface area contributed by atoms with Crippen LogP contribution in [0, 0.1) is 5.82 Å². The van der Waals surface area contributed by atoms with Gasteiger partial charge in [-0.2, -0.15) is 0 Å². The van der Waals surface area contributed by atoms with Gasteiger partial charge in [0.2, 0.25) is 5.91 Å². The Labute approximate surface area is 250 Å². The van der Waals surface area contributed by atoms with Gasteiger partial charge in [0, 0.05) is 21.4 Å². The van der Waals surface area contributed by atoms with E-state index in [4.69, 9.17) is 21.1 Å². The third kappa shape index (κ3) is 8.21. The third-order valence-electron chi connectivity index (χ3n) is 6.91. The lowest BCUT2D eigenvalue weighted by molar-refractivity contribution is -0.117. The highest BCUT2D eigenvalue weighted by atomic mass is 35.5. The molecule has 1 N–H and O–H groups in total. The van der Waals surface area contributed by atoms with Crippen molar-refractivity contribution < 1.29 is 23.5 Å². The third-order valence-corrected chi connectivity index (χ3v) is 7.16. The molecule has 42 heavy (non-hydrogen) atoms. The highest BCUT2D eigenvalue weighted by Crippen LogP contribution is 2.33. The van der Waals surface area contributed by atoms with Gasteiger partial charge in [-0.15, -0.1) is 0 Å². The molecular formula is C30H38ClFN6O4. The molecule has 1 aromatic carbocycles. The first kappa shape index (κ1) is 32.8. The lowest BCUT2D eigenvalue weighted by Gasteiger charge is -2.35. The molecule has 3 rings (SSSR count). The number of benzene rings is 1. The van der Waals surface area contributed by atoms with Crippen molar-refractivity contribution in [2.24, 2.45) is 5.11 Å².